The van der Waals surface area contributed by atoms with Crippen LogP contribution in [0.4, 0.5) is 0 Å². The lowest BCUT2D eigenvalue weighted by Crippen LogP contribution is -2.20. The molecule has 3 nitrogen and oxygen atoms in total. The van der Waals surface area contributed by atoms with Crippen LogP contribution in [0.25, 0.3) is 0 Å². The fraction of sp³-hybridized carbons (Fsp3) is 0.889. The van der Waals surface area contributed by atoms with Gasteiger partial charge >= 0.3 is 5.97 Å². The van der Waals surface area contributed by atoms with Crippen LogP contribution in [0, 0.1) is 0 Å². The summed E-state index contributed by atoms with van der Waals surface area (Å²) in [7, 11) is 3.95. The summed E-state index contributed by atoms with van der Waals surface area (Å²) in [5, 5.41) is 0. The van der Waals surface area contributed by atoms with Gasteiger partial charge in [-0.25, -0.2) is 4.79 Å². The predicted octanol–water partition coefficient (Wildman–Crippen LogP) is 8.08. The topological polar surface area (TPSA) is 29.5 Å². The van der Waals surface area contributed by atoms with E-state index in [1.54, 1.807) is 0 Å². The van der Waals surface area contributed by atoms with Crippen molar-refractivity contribution in [1.29, 1.82) is 0 Å². The van der Waals surface area contributed by atoms with Crippen LogP contribution >= 0.6 is 0 Å². The first kappa shape index (κ1) is 29.2. The molecule has 30 heavy (non-hydrogen) atoms. The van der Waals surface area contributed by atoms with Crippen molar-refractivity contribution in [2.24, 2.45) is 0 Å². The van der Waals surface area contributed by atoms with Gasteiger partial charge in [-0.3, -0.25) is 0 Å². The largest absolute Gasteiger partial charge is 0.461 e. The zero-order chi connectivity index (χ0) is 22.3. The summed E-state index contributed by atoms with van der Waals surface area (Å²) < 4.78 is 5.22. The average molecular weight is 424 g/mol. The Labute approximate surface area is 189 Å². The van der Waals surface area contributed by atoms with E-state index in [2.05, 4.69) is 13.5 Å². The molecule has 0 heterocycles. The van der Waals surface area contributed by atoms with E-state index in [9.17, 15) is 4.79 Å². The van der Waals surface area contributed by atoms with Gasteiger partial charge in [0.2, 0.25) is 0 Å². The minimum Gasteiger partial charge on any atom is -0.461 e. The number of rotatable bonds is 23. The summed E-state index contributed by atoms with van der Waals surface area (Å²) in [5.41, 5.74) is 0.630. The highest BCUT2D eigenvalue weighted by Gasteiger charge is 2.08. The van der Waals surface area contributed by atoms with Gasteiger partial charge in [-0.05, 0) is 26.9 Å². The van der Waals surface area contributed by atoms with Crippen LogP contribution in [0.3, 0.4) is 0 Å². The van der Waals surface area contributed by atoms with Crippen molar-refractivity contribution < 1.29 is 9.53 Å². The Morgan fingerprint density at radius 2 is 1.03 bits per heavy atom. The number of likely N-dealkylation sites (N-methyl/N-ethyl adjacent to an activating group) is 1. The SMILES string of the molecule is C=C(CCCCCCCCCCCCCCCCCCCC)C(=O)OCCN(C)C. The molecule has 0 aromatic rings. The van der Waals surface area contributed by atoms with E-state index >= 15 is 0 Å². The van der Waals surface area contributed by atoms with Crippen LogP contribution < -0.4 is 0 Å². The first-order chi connectivity index (χ1) is 14.6. The molecule has 0 N–H and O–H groups in total. The molecule has 0 aromatic heterocycles. The molecule has 0 aromatic carbocycles. The third kappa shape index (κ3) is 21.9. The van der Waals surface area contributed by atoms with Crippen LogP contribution in [0.15, 0.2) is 12.2 Å². The van der Waals surface area contributed by atoms with Gasteiger partial charge in [-0.15, -0.1) is 0 Å². The Balaban J connectivity index is 3.22. The van der Waals surface area contributed by atoms with Gasteiger partial charge in [0.1, 0.15) is 6.61 Å². The highest BCUT2D eigenvalue weighted by molar-refractivity contribution is 5.87. The van der Waals surface area contributed by atoms with Crippen LogP contribution in [0.5, 0.6) is 0 Å². The molecule has 0 aliphatic rings. The zero-order valence-corrected chi connectivity index (χ0v) is 20.8. The van der Waals surface area contributed by atoms with Crippen LogP contribution in [-0.4, -0.2) is 38.1 Å². The summed E-state index contributed by atoms with van der Waals surface area (Å²) in [6, 6.07) is 0. The van der Waals surface area contributed by atoms with Gasteiger partial charge in [0.25, 0.3) is 0 Å². The fourth-order valence-corrected chi connectivity index (χ4v) is 3.77. The maximum absolute atomic E-state index is 11.8. The zero-order valence-electron chi connectivity index (χ0n) is 20.8. The van der Waals surface area contributed by atoms with Gasteiger partial charge in [-0.1, -0.05) is 123 Å². The van der Waals surface area contributed by atoms with E-state index in [0.29, 0.717) is 12.2 Å². The second-order valence-corrected chi connectivity index (χ2v) is 9.30. The van der Waals surface area contributed by atoms with Crippen molar-refractivity contribution >= 4 is 5.97 Å². The maximum atomic E-state index is 11.8. The Kier molecular flexibility index (Phi) is 22.2. The number of carbonyl (C=O) groups excluding carboxylic acids is 1. The van der Waals surface area contributed by atoms with Crippen molar-refractivity contribution in [3.05, 3.63) is 12.2 Å². The first-order valence-electron chi connectivity index (χ1n) is 13.1. The third-order valence-electron chi connectivity index (χ3n) is 5.89. The summed E-state index contributed by atoms with van der Waals surface area (Å²) >= 11 is 0. The van der Waals surface area contributed by atoms with E-state index < -0.39 is 0 Å². The molecule has 0 radical (unpaired) electrons. The van der Waals surface area contributed by atoms with Gasteiger partial charge < -0.3 is 9.64 Å². The molecule has 3 heteroatoms. The Bertz CT molecular complexity index is 392. The smallest absolute Gasteiger partial charge is 0.333 e. The Hall–Kier alpha value is -0.830. The summed E-state index contributed by atoms with van der Waals surface area (Å²) in [5.74, 6) is -0.219. The molecule has 0 bridgehead atoms. The standard InChI is InChI=1S/C27H53NO2/c1-5-6-7-8-9-10-11-12-13-14-15-16-17-18-19-20-21-22-23-26(2)27(29)30-25-24-28(3)4/h2,5-25H2,1,3-4H3. The van der Waals surface area contributed by atoms with Crippen LogP contribution in [0.2, 0.25) is 0 Å². The van der Waals surface area contributed by atoms with E-state index in [1.165, 1.54) is 109 Å². The average Bonchev–Trinajstić information content (AvgIpc) is 2.72. The highest BCUT2D eigenvalue weighted by atomic mass is 16.5. The van der Waals surface area contributed by atoms with Gasteiger partial charge in [-0.2, -0.15) is 0 Å². The second-order valence-electron chi connectivity index (χ2n) is 9.30. The second kappa shape index (κ2) is 22.8. The molecule has 0 aliphatic heterocycles. The molecule has 0 aliphatic carbocycles. The molecular formula is C27H53NO2. The van der Waals surface area contributed by atoms with Crippen molar-refractivity contribution in [1.82, 2.24) is 4.90 Å². The molecule has 0 saturated carbocycles. The van der Waals surface area contributed by atoms with Crippen molar-refractivity contribution in [2.75, 3.05) is 27.2 Å². The Morgan fingerprint density at radius 3 is 1.40 bits per heavy atom. The van der Waals surface area contributed by atoms with Crippen molar-refractivity contribution in [2.45, 2.75) is 129 Å². The fourth-order valence-electron chi connectivity index (χ4n) is 3.77. The summed E-state index contributed by atoms with van der Waals surface area (Å²) in [4.78, 5) is 13.8. The number of hydrogen-bond acceptors (Lipinski definition) is 3. The number of esters is 1. The summed E-state index contributed by atoms with van der Waals surface area (Å²) in [6.45, 7) is 7.38. The van der Waals surface area contributed by atoms with E-state index in [0.717, 1.165) is 19.4 Å². The first-order valence-corrected chi connectivity index (χ1v) is 13.1. The number of carbonyl (C=O) groups is 1. The molecule has 0 amide bonds. The summed E-state index contributed by atoms with van der Waals surface area (Å²) in [6.07, 6.45) is 25.6. The predicted molar refractivity (Wildman–Crippen MR) is 132 cm³/mol. The molecule has 0 rings (SSSR count). The van der Waals surface area contributed by atoms with Crippen LogP contribution in [-0.2, 0) is 9.53 Å². The molecule has 0 unspecified atom stereocenters. The molecular weight excluding hydrogens is 370 g/mol. The quantitative estimate of drug-likeness (QED) is 0.0944. The molecule has 0 atom stereocenters. The normalized spacial score (nSPS) is 11.2. The minimum absolute atomic E-state index is 0.219. The lowest BCUT2D eigenvalue weighted by atomic mass is 10.0. The number of nitrogens with zero attached hydrogens (tertiary/aromatic N) is 1. The number of ether oxygens (including phenoxy) is 1. The minimum atomic E-state index is -0.219. The number of hydrogen-bond donors (Lipinski definition) is 0. The maximum Gasteiger partial charge on any atom is 0.333 e. The van der Waals surface area contributed by atoms with Crippen molar-refractivity contribution in [3.63, 3.8) is 0 Å². The van der Waals surface area contributed by atoms with Crippen LogP contribution in [0.1, 0.15) is 129 Å². The Morgan fingerprint density at radius 1 is 0.667 bits per heavy atom. The van der Waals surface area contributed by atoms with E-state index in [1.807, 2.05) is 19.0 Å². The highest BCUT2D eigenvalue weighted by Crippen LogP contribution is 2.15. The molecule has 0 saturated heterocycles. The third-order valence-corrected chi connectivity index (χ3v) is 5.89. The van der Waals surface area contributed by atoms with E-state index in [-0.39, 0.29) is 5.97 Å². The molecule has 178 valence electrons. The van der Waals surface area contributed by atoms with Gasteiger partial charge in [0.05, 0.1) is 0 Å². The van der Waals surface area contributed by atoms with Gasteiger partial charge in [0, 0.05) is 12.1 Å². The van der Waals surface area contributed by atoms with Crippen molar-refractivity contribution in [3.8, 4) is 0 Å². The monoisotopic (exact) mass is 423 g/mol. The number of unbranched alkanes of at least 4 members (excludes halogenated alkanes) is 17. The lowest BCUT2D eigenvalue weighted by molar-refractivity contribution is -0.139. The molecule has 0 spiro atoms. The lowest BCUT2D eigenvalue weighted by Gasteiger charge is -2.11. The van der Waals surface area contributed by atoms with E-state index in [4.69, 9.17) is 4.74 Å². The molecule has 0 fully saturated rings. The van der Waals surface area contributed by atoms with Gasteiger partial charge in [0.15, 0.2) is 0 Å².